The van der Waals surface area contributed by atoms with Crippen LogP contribution in [0, 0.1) is 25.2 Å². The van der Waals surface area contributed by atoms with Crippen molar-refractivity contribution in [2.45, 2.75) is 52.3 Å². The van der Waals surface area contributed by atoms with Gasteiger partial charge >= 0.3 is 6.61 Å². The van der Waals surface area contributed by atoms with Crippen molar-refractivity contribution in [3.05, 3.63) is 53.1 Å². The van der Waals surface area contributed by atoms with E-state index in [9.17, 15) is 13.6 Å². The predicted octanol–water partition coefficient (Wildman–Crippen LogP) is 4.82. The highest BCUT2D eigenvalue weighted by molar-refractivity contribution is 5.95. The maximum atomic E-state index is 13.4. The highest BCUT2D eigenvalue weighted by atomic mass is 19.3. The van der Waals surface area contributed by atoms with Crippen LogP contribution >= 0.6 is 0 Å². The molecule has 1 saturated carbocycles. The number of nitriles is 1. The summed E-state index contributed by atoms with van der Waals surface area (Å²) in [6.07, 6.45) is 2.24. The molecule has 0 atom stereocenters. The minimum Gasteiger partial charge on any atom is -0.493 e. The minimum absolute atomic E-state index is 0.0252. The van der Waals surface area contributed by atoms with E-state index in [-0.39, 0.29) is 36.4 Å². The number of benzene rings is 2. The van der Waals surface area contributed by atoms with Crippen LogP contribution in [0.4, 0.5) is 14.5 Å². The molecule has 0 aliphatic heterocycles. The van der Waals surface area contributed by atoms with Gasteiger partial charge in [0.2, 0.25) is 5.91 Å². The number of hydrogen-bond donors (Lipinski definition) is 0. The first-order valence-corrected chi connectivity index (χ1v) is 10.9. The van der Waals surface area contributed by atoms with Crippen molar-refractivity contribution in [3.63, 3.8) is 0 Å². The zero-order valence-electron chi connectivity index (χ0n) is 19.2. The molecular formula is C25H29F2N3O3. The van der Waals surface area contributed by atoms with E-state index in [0.717, 1.165) is 35.2 Å². The van der Waals surface area contributed by atoms with Crippen molar-refractivity contribution in [1.82, 2.24) is 4.90 Å². The first kappa shape index (κ1) is 24.5. The van der Waals surface area contributed by atoms with Gasteiger partial charge in [-0.2, -0.15) is 14.0 Å². The molecule has 3 rings (SSSR count). The number of aryl methyl sites for hydroxylation is 2. The highest BCUT2D eigenvalue weighted by Gasteiger charge is 2.32. The van der Waals surface area contributed by atoms with Crippen LogP contribution in [-0.2, 0) is 11.3 Å². The SMILES string of the molecule is COc1cc(CN(CC(=O)N(CCC#N)c2cc(C)cc(C)c2)C2CC2)ccc1OC(F)F. The molecule has 1 aliphatic carbocycles. The molecule has 0 heterocycles. The zero-order chi connectivity index (χ0) is 24.0. The molecule has 0 N–H and O–H groups in total. The van der Waals surface area contributed by atoms with Crippen molar-refractivity contribution in [2.24, 2.45) is 0 Å². The Morgan fingerprint density at radius 2 is 1.85 bits per heavy atom. The molecule has 0 spiro atoms. The highest BCUT2D eigenvalue weighted by Crippen LogP contribution is 2.33. The van der Waals surface area contributed by atoms with Gasteiger partial charge in [0, 0.05) is 24.8 Å². The first-order chi connectivity index (χ1) is 15.8. The normalized spacial score (nSPS) is 13.2. The summed E-state index contributed by atoms with van der Waals surface area (Å²) in [7, 11) is 1.40. The summed E-state index contributed by atoms with van der Waals surface area (Å²) in [4.78, 5) is 17.1. The minimum atomic E-state index is -2.94. The molecule has 0 unspecified atom stereocenters. The number of hydrogen-bond acceptors (Lipinski definition) is 5. The lowest BCUT2D eigenvalue weighted by molar-refractivity contribution is -0.120. The van der Waals surface area contributed by atoms with Gasteiger partial charge in [-0.25, -0.2) is 0 Å². The van der Waals surface area contributed by atoms with Crippen LogP contribution < -0.4 is 14.4 Å². The van der Waals surface area contributed by atoms with Gasteiger partial charge in [0.1, 0.15) is 0 Å². The summed E-state index contributed by atoms with van der Waals surface area (Å²) in [5.41, 5.74) is 3.73. The maximum Gasteiger partial charge on any atom is 0.387 e. The maximum absolute atomic E-state index is 13.4. The van der Waals surface area contributed by atoms with Gasteiger partial charge in [0.15, 0.2) is 11.5 Å². The third-order valence-electron chi connectivity index (χ3n) is 5.50. The second kappa shape index (κ2) is 11.1. The number of rotatable bonds is 11. The topological polar surface area (TPSA) is 65.8 Å². The van der Waals surface area contributed by atoms with Gasteiger partial charge in [0.05, 0.1) is 26.1 Å². The summed E-state index contributed by atoms with van der Waals surface area (Å²) in [6, 6.07) is 13.2. The molecule has 1 aliphatic rings. The third-order valence-corrected chi connectivity index (χ3v) is 5.50. The van der Waals surface area contributed by atoms with Crippen LogP contribution in [0.25, 0.3) is 0 Å². The van der Waals surface area contributed by atoms with Crippen molar-refractivity contribution >= 4 is 11.6 Å². The Bertz CT molecular complexity index is 998. The average molecular weight is 458 g/mol. The molecule has 2 aromatic carbocycles. The monoisotopic (exact) mass is 457 g/mol. The summed E-state index contributed by atoms with van der Waals surface area (Å²) in [6.45, 7) is 2.02. The summed E-state index contributed by atoms with van der Waals surface area (Å²) in [5, 5.41) is 9.09. The molecule has 176 valence electrons. The molecule has 0 aromatic heterocycles. The van der Waals surface area contributed by atoms with Gasteiger partial charge in [-0.3, -0.25) is 9.69 Å². The molecule has 1 amide bonds. The number of carbonyl (C=O) groups excluding carboxylic acids is 1. The van der Waals surface area contributed by atoms with E-state index in [2.05, 4.69) is 15.7 Å². The van der Waals surface area contributed by atoms with E-state index in [4.69, 9.17) is 10.00 Å². The van der Waals surface area contributed by atoms with Crippen molar-refractivity contribution in [2.75, 3.05) is 25.1 Å². The lowest BCUT2D eigenvalue weighted by atomic mass is 10.1. The zero-order valence-corrected chi connectivity index (χ0v) is 19.2. The van der Waals surface area contributed by atoms with Gasteiger partial charge < -0.3 is 14.4 Å². The Balaban J connectivity index is 1.78. The lowest BCUT2D eigenvalue weighted by Gasteiger charge is -2.28. The second-order valence-electron chi connectivity index (χ2n) is 8.30. The van der Waals surface area contributed by atoms with Crippen molar-refractivity contribution in [3.8, 4) is 17.6 Å². The summed E-state index contributed by atoms with van der Waals surface area (Å²) >= 11 is 0. The fourth-order valence-electron chi connectivity index (χ4n) is 3.92. The number of ether oxygens (including phenoxy) is 2. The molecular weight excluding hydrogens is 428 g/mol. The number of anilines is 1. The van der Waals surface area contributed by atoms with E-state index in [1.807, 2.05) is 32.0 Å². The number of nitrogens with zero attached hydrogens (tertiary/aromatic N) is 3. The van der Waals surface area contributed by atoms with Crippen LogP contribution in [0.1, 0.15) is 36.0 Å². The fraction of sp³-hybridized carbons (Fsp3) is 0.440. The largest absolute Gasteiger partial charge is 0.493 e. The van der Waals surface area contributed by atoms with E-state index in [1.165, 1.54) is 13.2 Å². The molecule has 6 nitrogen and oxygen atoms in total. The van der Waals surface area contributed by atoms with Gasteiger partial charge in [0.25, 0.3) is 0 Å². The van der Waals surface area contributed by atoms with Crippen LogP contribution in [0.3, 0.4) is 0 Å². The number of halogens is 2. The van der Waals surface area contributed by atoms with E-state index < -0.39 is 6.61 Å². The molecule has 33 heavy (non-hydrogen) atoms. The Morgan fingerprint density at radius 3 is 2.42 bits per heavy atom. The van der Waals surface area contributed by atoms with Crippen LogP contribution in [0.15, 0.2) is 36.4 Å². The van der Waals surface area contributed by atoms with Crippen molar-refractivity contribution < 1.29 is 23.0 Å². The van der Waals surface area contributed by atoms with E-state index in [1.54, 1.807) is 17.0 Å². The lowest BCUT2D eigenvalue weighted by Crippen LogP contribution is -2.41. The summed E-state index contributed by atoms with van der Waals surface area (Å²) in [5.74, 6) is 0.121. The summed E-state index contributed by atoms with van der Waals surface area (Å²) < 4.78 is 34.9. The van der Waals surface area contributed by atoms with Crippen LogP contribution in [0.5, 0.6) is 11.5 Å². The smallest absolute Gasteiger partial charge is 0.387 e. The van der Waals surface area contributed by atoms with E-state index in [0.29, 0.717) is 13.1 Å². The fourth-order valence-corrected chi connectivity index (χ4v) is 3.92. The standard InChI is InChI=1S/C25H29F2N3O3/c1-17-11-18(2)13-21(12-17)30(10-4-9-28)24(31)16-29(20-6-7-20)15-19-5-8-22(33-25(26)27)23(14-19)32-3/h5,8,11-14,20,25H,4,6-7,10,15-16H2,1-3H3. The Hall–Kier alpha value is -3.18. The van der Waals surface area contributed by atoms with Crippen molar-refractivity contribution in [1.29, 1.82) is 5.26 Å². The first-order valence-electron chi connectivity index (χ1n) is 10.9. The number of methoxy groups -OCH3 is 1. The Kier molecular flexibility index (Phi) is 8.23. The predicted molar refractivity (Wildman–Crippen MR) is 122 cm³/mol. The number of alkyl halides is 2. The molecule has 0 saturated heterocycles. The molecule has 2 aromatic rings. The molecule has 0 radical (unpaired) electrons. The van der Waals surface area contributed by atoms with Gasteiger partial charge in [-0.15, -0.1) is 0 Å². The Morgan fingerprint density at radius 1 is 1.15 bits per heavy atom. The van der Waals surface area contributed by atoms with Crippen LogP contribution in [-0.4, -0.2) is 43.7 Å². The van der Waals surface area contributed by atoms with Gasteiger partial charge in [-0.1, -0.05) is 12.1 Å². The second-order valence-corrected chi connectivity index (χ2v) is 8.30. The van der Waals surface area contributed by atoms with E-state index >= 15 is 0 Å². The average Bonchev–Trinajstić information content (AvgIpc) is 3.59. The number of amides is 1. The number of carbonyl (C=O) groups is 1. The molecule has 0 bridgehead atoms. The molecule has 8 heteroatoms. The molecule has 1 fully saturated rings. The van der Waals surface area contributed by atoms with Crippen LogP contribution in [0.2, 0.25) is 0 Å². The third kappa shape index (κ3) is 6.90. The quantitative estimate of drug-likeness (QED) is 0.484. The Labute approximate surface area is 193 Å². The van der Waals surface area contributed by atoms with Gasteiger partial charge in [-0.05, 0) is 67.6 Å².